The molecule has 26 heavy (non-hydrogen) atoms. The number of nitro benzene ring substituents is 1. The SMILES string of the molecule is COc1ccc(C=NNc2ncc(-c3ccc([N+](=O)[O-])cc3)cn2)cc1. The van der Waals surface area contributed by atoms with E-state index < -0.39 is 4.92 Å². The number of nitro groups is 1. The summed E-state index contributed by atoms with van der Waals surface area (Å²) >= 11 is 0. The minimum atomic E-state index is -0.436. The smallest absolute Gasteiger partial charge is 0.269 e. The molecule has 2 aromatic carbocycles. The van der Waals surface area contributed by atoms with E-state index in [1.54, 1.807) is 37.9 Å². The van der Waals surface area contributed by atoms with Crippen LogP contribution in [-0.4, -0.2) is 28.2 Å². The number of aromatic nitrogens is 2. The molecule has 0 radical (unpaired) electrons. The van der Waals surface area contributed by atoms with Crippen molar-refractivity contribution in [3.8, 4) is 16.9 Å². The number of non-ortho nitro benzene ring substituents is 1. The normalized spacial score (nSPS) is 10.7. The first-order valence-corrected chi connectivity index (χ1v) is 7.66. The van der Waals surface area contributed by atoms with E-state index in [-0.39, 0.29) is 5.69 Å². The second-order valence-electron chi connectivity index (χ2n) is 5.24. The van der Waals surface area contributed by atoms with Crippen LogP contribution < -0.4 is 10.2 Å². The van der Waals surface area contributed by atoms with E-state index in [1.165, 1.54) is 12.1 Å². The largest absolute Gasteiger partial charge is 0.497 e. The van der Waals surface area contributed by atoms with Gasteiger partial charge >= 0.3 is 0 Å². The van der Waals surface area contributed by atoms with Crippen LogP contribution in [0.1, 0.15) is 5.56 Å². The summed E-state index contributed by atoms with van der Waals surface area (Å²) in [6, 6.07) is 13.7. The van der Waals surface area contributed by atoms with Crippen LogP contribution in [0.5, 0.6) is 5.75 Å². The Balaban J connectivity index is 1.63. The molecule has 3 aromatic rings. The number of hydrazone groups is 1. The summed E-state index contributed by atoms with van der Waals surface area (Å²) in [7, 11) is 1.61. The lowest BCUT2D eigenvalue weighted by Crippen LogP contribution is -1.97. The molecule has 0 aliphatic heterocycles. The molecule has 8 nitrogen and oxygen atoms in total. The average Bonchev–Trinajstić information content (AvgIpc) is 2.69. The molecule has 8 heteroatoms. The fourth-order valence-corrected chi connectivity index (χ4v) is 2.16. The standard InChI is InChI=1S/C18H15N5O3/c1-26-17-8-2-13(3-9-17)10-21-22-18-19-11-15(12-20-18)14-4-6-16(7-5-14)23(24)25/h2-12H,1H3,(H,19,20,22). The van der Waals surface area contributed by atoms with E-state index >= 15 is 0 Å². The zero-order valence-corrected chi connectivity index (χ0v) is 13.9. The molecule has 130 valence electrons. The number of benzene rings is 2. The van der Waals surface area contributed by atoms with E-state index in [9.17, 15) is 10.1 Å². The van der Waals surface area contributed by atoms with Crippen LogP contribution in [0.2, 0.25) is 0 Å². The van der Waals surface area contributed by atoms with Gasteiger partial charge in [0.2, 0.25) is 5.95 Å². The number of methoxy groups -OCH3 is 1. The van der Waals surface area contributed by atoms with Crippen LogP contribution in [0.15, 0.2) is 66.0 Å². The number of ether oxygens (including phenoxy) is 1. The number of hydrogen-bond acceptors (Lipinski definition) is 7. The minimum Gasteiger partial charge on any atom is -0.497 e. The molecule has 0 atom stereocenters. The zero-order chi connectivity index (χ0) is 18.4. The Labute approximate surface area is 149 Å². The molecular weight excluding hydrogens is 334 g/mol. The van der Waals surface area contributed by atoms with Crippen molar-refractivity contribution in [1.82, 2.24) is 9.97 Å². The summed E-state index contributed by atoms with van der Waals surface area (Å²) in [4.78, 5) is 18.6. The van der Waals surface area contributed by atoms with Gasteiger partial charge < -0.3 is 4.74 Å². The predicted molar refractivity (Wildman–Crippen MR) is 98.3 cm³/mol. The van der Waals surface area contributed by atoms with Crippen molar-refractivity contribution in [3.63, 3.8) is 0 Å². The van der Waals surface area contributed by atoms with Crippen LogP contribution >= 0.6 is 0 Å². The molecule has 0 aliphatic rings. The van der Waals surface area contributed by atoms with Gasteiger partial charge in [0.1, 0.15) is 5.75 Å². The molecule has 0 unspecified atom stereocenters. The Morgan fingerprint density at radius 3 is 2.27 bits per heavy atom. The maximum atomic E-state index is 10.7. The summed E-state index contributed by atoms with van der Waals surface area (Å²) in [5, 5.41) is 14.8. The third-order valence-corrected chi connectivity index (χ3v) is 3.56. The van der Waals surface area contributed by atoms with Gasteiger partial charge in [-0.25, -0.2) is 15.4 Å². The fourth-order valence-electron chi connectivity index (χ4n) is 2.16. The van der Waals surface area contributed by atoms with Gasteiger partial charge in [-0.2, -0.15) is 5.10 Å². The van der Waals surface area contributed by atoms with E-state index in [0.717, 1.165) is 22.4 Å². The quantitative estimate of drug-likeness (QED) is 0.415. The van der Waals surface area contributed by atoms with Gasteiger partial charge in [0.25, 0.3) is 5.69 Å². The lowest BCUT2D eigenvalue weighted by molar-refractivity contribution is -0.384. The highest BCUT2D eigenvalue weighted by Gasteiger charge is 2.06. The first-order chi connectivity index (χ1) is 12.7. The number of hydrogen-bond donors (Lipinski definition) is 1. The fraction of sp³-hybridized carbons (Fsp3) is 0.0556. The third kappa shape index (κ3) is 4.18. The average molecular weight is 349 g/mol. The van der Waals surface area contributed by atoms with Gasteiger partial charge in [0.15, 0.2) is 0 Å². The summed E-state index contributed by atoms with van der Waals surface area (Å²) in [5.41, 5.74) is 5.25. The second kappa shape index (κ2) is 7.84. The third-order valence-electron chi connectivity index (χ3n) is 3.56. The predicted octanol–water partition coefficient (Wildman–Crippen LogP) is 3.51. The Morgan fingerprint density at radius 2 is 1.69 bits per heavy atom. The lowest BCUT2D eigenvalue weighted by Gasteiger charge is -2.02. The Morgan fingerprint density at radius 1 is 1.04 bits per heavy atom. The van der Waals surface area contributed by atoms with Crippen molar-refractivity contribution in [2.24, 2.45) is 5.10 Å². The molecule has 0 aliphatic carbocycles. The lowest BCUT2D eigenvalue weighted by atomic mass is 10.1. The molecule has 1 aromatic heterocycles. The van der Waals surface area contributed by atoms with Crippen molar-refractivity contribution in [2.75, 3.05) is 12.5 Å². The summed E-state index contributed by atoms with van der Waals surface area (Å²) in [6.07, 6.45) is 4.89. The Bertz CT molecular complexity index is 907. The van der Waals surface area contributed by atoms with E-state index in [2.05, 4.69) is 20.5 Å². The minimum absolute atomic E-state index is 0.0424. The van der Waals surface area contributed by atoms with E-state index in [4.69, 9.17) is 4.74 Å². The van der Waals surface area contributed by atoms with Gasteiger partial charge in [0.05, 0.1) is 18.2 Å². The van der Waals surface area contributed by atoms with Crippen LogP contribution in [-0.2, 0) is 0 Å². The van der Waals surface area contributed by atoms with E-state index in [0.29, 0.717) is 5.95 Å². The molecule has 0 spiro atoms. The van der Waals surface area contributed by atoms with Gasteiger partial charge in [0, 0.05) is 30.1 Å². The molecule has 0 bridgehead atoms. The highest BCUT2D eigenvalue weighted by molar-refractivity contribution is 5.80. The summed E-state index contributed by atoms with van der Waals surface area (Å²) < 4.78 is 5.10. The van der Waals surface area contributed by atoms with Crippen molar-refractivity contribution >= 4 is 17.9 Å². The van der Waals surface area contributed by atoms with Crippen LogP contribution in [0.3, 0.4) is 0 Å². The van der Waals surface area contributed by atoms with Gasteiger partial charge in [-0.15, -0.1) is 0 Å². The molecule has 0 saturated heterocycles. The van der Waals surface area contributed by atoms with Crippen molar-refractivity contribution in [3.05, 3.63) is 76.6 Å². The number of anilines is 1. The Hall–Kier alpha value is -3.81. The van der Waals surface area contributed by atoms with Gasteiger partial charge in [-0.05, 0) is 47.5 Å². The second-order valence-corrected chi connectivity index (χ2v) is 5.24. The van der Waals surface area contributed by atoms with Crippen LogP contribution in [0.25, 0.3) is 11.1 Å². The van der Waals surface area contributed by atoms with E-state index in [1.807, 2.05) is 24.3 Å². The van der Waals surface area contributed by atoms with Crippen LogP contribution in [0.4, 0.5) is 11.6 Å². The monoisotopic (exact) mass is 349 g/mol. The highest BCUT2D eigenvalue weighted by atomic mass is 16.6. The molecule has 0 fully saturated rings. The van der Waals surface area contributed by atoms with Crippen LogP contribution in [0, 0.1) is 10.1 Å². The van der Waals surface area contributed by atoms with Gasteiger partial charge in [-0.3, -0.25) is 10.1 Å². The zero-order valence-electron chi connectivity index (χ0n) is 13.9. The summed E-state index contributed by atoms with van der Waals surface area (Å²) in [6.45, 7) is 0. The highest BCUT2D eigenvalue weighted by Crippen LogP contribution is 2.21. The molecule has 3 rings (SSSR count). The number of rotatable bonds is 6. The summed E-state index contributed by atoms with van der Waals surface area (Å²) in [5.74, 6) is 1.13. The van der Waals surface area contributed by atoms with Crippen molar-refractivity contribution in [1.29, 1.82) is 0 Å². The molecule has 1 N–H and O–H groups in total. The maximum Gasteiger partial charge on any atom is 0.269 e. The first kappa shape index (κ1) is 17.0. The van der Waals surface area contributed by atoms with Crippen molar-refractivity contribution < 1.29 is 9.66 Å². The topological polar surface area (TPSA) is 103 Å². The Kier molecular flexibility index (Phi) is 5.14. The number of nitrogens with one attached hydrogen (secondary N) is 1. The number of nitrogens with zero attached hydrogens (tertiary/aromatic N) is 4. The molecule has 1 heterocycles. The molecule has 0 saturated carbocycles. The molecular formula is C18H15N5O3. The maximum absolute atomic E-state index is 10.7. The van der Waals surface area contributed by atoms with Crippen molar-refractivity contribution in [2.45, 2.75) is 0 Å². The van der Waals surface area contributed by atoms with Gasteiger partial charge in [-0.1, -0.05) is 0 Å². The first-order valence-electron chi connectivity index (χ1n) is 7.66. The molecule has 0 amide bonds.